The normalized spacial score (nSPS) is 12.4. The van der Waals surface area contributed by atoms with Crippen LogP contribution in [0.15, 0.2) is 397 Å². The lowest BCUT2D eigenvalue weighted by Crippen LogP contribution is -2.29. The average Bonchev–Trinajstić information content (AvgIpc) is 1.56. The van der Waals surface area contributed by atoms with E-state index in [0.29, 0.717) is 5.46 Å². The number of anilines is 9. The predicted molar refractivity (Wildman–Crippen MR) is 436 cm³/mol. The number of hydrogen-bond donors (Lipinski definition) is 2. The van der Waals surface area contributed by atoms with E-state index in [4.69, 9.17) is 0 Å². The maximum atomic E-state index is 15.5. The molecule has 0 unspecified atom stereocenters. The molecule has 0 bridgehead atoms. The number of halogens is 2. The first-order chi connectivity index (χ1) is 50.0. The number of hydrogen-bond acceptors (Lipinski definition) is 7. The highest BCUT2D eigenvalue weighted by Crippen LogP contribution is 2.55. The lowest BCUT2D eigenvalue weighted by molar-refractivity contribution is 0.426. The minimum Gasteiger partial charge on any atom is -0.423 e. The second-order valence-electron chi connectivity index (χ2n) is 24.8. The van der Waals surface area contributed by atoms with Crippen molar-refractivity contribution >= 4 is 142 Å². The third-order valence-electron chi connectivity index (χ3n) is 18.5. The first kappa shape index (κ1) is 67.0. The van der Waals surface area contributed by atoms with Crippen molar-refractivity contribution in [3.8, 4) is 44.5 Å². The van der Waals surface area contributed by atoms with Gasteiger partial charge < -0.3 is 33.9 Å². The molecule has 2 N–H and O–H groups in total. The molecule has 15 aromatic carbocycles. The zero-order valence-corrected chi connectivity index (χ0v) is 60.2. The summed E-state index contributed by atoms with van der Waals surface area (Å²) in [5.41, 5.74) is 18.6. The maximum absolute atomic E-state index is 15.5. The molecule has 0 aromatic heterocycles. The highest BCUT2D eigenvalue weighted by molar-refractivity contribution is 9.10. The minimum absolute atomic E-state index is 0.477. The Balaban J connectivity index is 0.000000155. The molecule has 0 atom stereocenters. The van der Waals surface area contributed by atoms with Crippen LogP contribution in [0.5, 0.6) is 0 Å². The van der Waals surface area contributed by atoms with E-state index in [0.717, 1.165) is 136 Å². The molecule has 2 heterocycles. The number of para-hydroxylation sites is 6. The molecular weight excluding hydrogens is 1420 g/mol. The Morgan fingerprint density at radius 1 is 0.235 bits per heavy atom. The van der Waals surface area contributed by atoms with Crippen LogP contribution in [0.25, 0.3) is 44.5 Å². The fourth-order valence-electron chi connectivity index (χ4n) is 13.7. The van der Waals surface area contributed by atoms with E-state index in [1.54, 1.807) is 12.1 Å². The number of fused-ring (bicyclic) bond motifs is 6. The van der Waals surface area contributed by atoms with Crippen LogP contribution in [-0.2, 0) is 9.13 Å². The summed E-state index contributed by atoms with van der Waals surface area (Å²) in [6.45, 7) is 0. The van der Waals surface area contributed by atoms with E-state index in [9.17, 15) is 14.6 Å². The zero-order chi connectivity index (χ0) is 69.6. The summed E-state index contributed by atoms with van der Waals surface area (Å²) in [5, 5.41) is 23.8. The topological polar surface area (TPSA) is 84.3 Å². The molecule has 7 nitrogen and oxygen atoms in total. The van der Waals surface area contributed by atoms with Crippen molar-refractivity contribution in [2.75, 3.05) is 14.7 Å². The molecule has 2 aliphatic heterocycles. The molecule has 492 valence electrons. The van der Waals surface area contributed by atoms with Gasteiger partial charge in [-0.2, -0.15) is 0 Å². The van der Waals surface area contributed by atoms with Crippen molar-refractivity contribution in [1.82, 2.24) is 0 Å². The van der Waals surface area contributed by atoms with Gasteiger partial charge in [0.1, 0.15) is 0 Å². The summed E-state index contributed by atoms with van der Waals surface area (Å²) in [6.07, 6.45) is 0. The summed E-state index contributed by atoms with van der Waals surface area (Å²) in [7, 11) is -7.35. The van der Waals surface area contributed by atoms with Crippen LogP contribution in [0.2, 0.25) is 0 Å². The highest BCUT2D eigenvalue weighted by atomic mass is 79.9. The molecule has 17 rings (SSSR count). The quantitative estimate of drug-likeness (QED) is 0.0829. The number of benzene rings is 15. The molecule has 2 aliphatic rings. The Morgan fingerprint density at radius 2 is 0.451 bits per heavy atom. The monoisotopic (exact) mass is 1480 g/mol. The van der Waals surface area contributed by atoms with Crippen molar-refractivity contribution in [1.29, 1.82) is 0 Å². The van der Waals surface area contributed by atoms with E-state index < -0.39 is 21.4 Å². The van der Waals surface area contributed by atoms with Gasteiger partial charge in [0.2, 0.25) is 0 Å². The Bertz CT molecular complexity index is 5150. The minimum atomic E-state index is -3.12. The maximum Gasteiger partial charge on any atom is 0.488 e. The third-order valence-corrected chi connectivity index (χ3v) is 25.9. The van der Waals surface area contributed by atoms with Crippen LogP contribution < -0.4 is 52.0 Å². The van der Waals surface area contributed by atoms with Crippen LogP contribution >= 0.6 is 46.1 Å². The predicted octanol–water partition coefficient (Wildman–Crippen LogP) is 21.2. The lowest BCUT2D eigenvalue weighted by atomic mass is 9.80. The standard InChI is InChI=1S/C54H39N2OP.C18H16BNO2.C18H11Br2OP/c57-58(50-24-14-5-15-25-50)53-36-30-42(40-26-32-48(33-27-40)55(44-16-6-1-7-17-44)45-18-8-2-9-19-45)38-51(53)52-39-43(31-37-54(52)58)41-28-34-49(35-29-41)56(46-20-10-3-11-21-46)47-22-12-4-13-23-47;21-19(22)15-11-13-18(14-12-15)20(16-7-3-1-4-8-16)17-9-5-2-6-10-17;19-12-6-8-17-15(10-12)16-11-13(20)7-9-18(16)22(17,21)14-4-2-1-3-5-14/h1-39H;1-14,21-22H;1-11H. The van der Waals surface area contributed by atoms with E-state index >= 15 is 4.57 Å². The van der Waals surface area contributed by atoms with Crippen molar-refractivity contribution in [2.24, 2.45) is 0 Å². The van der Waals surface area contributed by atoms with Crippen LogP contribution in [0.1, 0.15) is 0 Å². The van der Waals surface area contributed by atoms with E-state index in [1.807, 2.05) is 182 Å². The SMILES string of the molecule is O=P1(c2ccccc2)c2ccc(-c3ccc(N(c4ccccc4)c4ccccc4)cc3)cc2-c2cc(-c3ccc(N(c4ccccc4)c4ccccc4)cc3)ccc21.O=P1(c2ccccc2)c2ccc(Br)cc2-c2cc(Br)ccc21.OB(O)c1ccc(N(c2ccccc2)c2ccccc2)cc1. The van der Waals surface area contributed by atoms with Gasteiger partial charge in [0, 0.05) is 92.0 Å². The van der Waals surface area contributed by atoms with Gasteiger partial charge in [0.05, 0.1) is 0 Å². The molecule has 0 aliphatic carbocycles. The van der Waals surface area contributed by atoms with Crippen molar-refractivity contribution in [3.63, 3.8) is 0 Å². The van der Waals surface area contributed by atoms with Crippen LogP contribution in [0, 0.1) is 0 Å². The zero-order valence-electron chi connectivity index (χ0n) is 55.2. The van der Waals surface area contributed by atoms with Gasteiger partial charge >= 0.3 is 7.12 Å². The average molecular weight is 1490 g/mol. The first-order valence-corrected chi connectivity index (χ1v) is 38.6. The van der Waals surface area contributed by atoms with Crippen LogP contribution in [-0.4, -0.2) is 17.2 Å². The van der Waals surface area contributed by atoms with E-state index in [-0.39, 0.29) is 0 Å². The Kier molecular flexibility index (Phi) is 19.5. The molecule has 0 saturated heterocycles. The van der Waals surface area contributed by atoms with Crippen molar-refractivity contribution in [2.45, 2.75) is 0 Å². The molecule has 12 heteroatoms. The summed E-state index contributed by atoms with van der Waals surface area (Å²) in [6, 6.07) is 131. The molecular formula is C90H66BBr2N3O4P2. The molecule has 102 heavy (non-hydrogen) atoms. The van der Waals surface area contributed by atoms with Gasteiger partial charge in [0.15, 0.2) is 14.3 Å². The second kappa shape index (κ2) is 29.7. The molecule has 0 spiro atoms. The van der Waals surface area contributed by atoms with Gasteiger partial charge in [-0.3, -0.25) is 0 Å². The van der Waals surface area contributed by atoms with Gasteiger partial charge in [-0.1, -0.05) is 250 Å². The van der Waals surface area contributed by atoms with Crippen molar-refractivity contribution < 1.29 is 19.2 Å². The Labute approximate surface area is 612 Å². The fourth-order valence-corrected chi connectivity index (χ4v) is 20.5. The first-order valence-electron chi connectivity index (χ1n) is 33.6. The summed E-state index contributed by atoms with van der Waals surface area (Å²) in [5.74, 6) is 0. The second-order valence-corrected chi connectivity index (χ2v) is 32.0. The summed E-state index contributed by atoms with van der Waals surface area (Å²) >= 11 is 7.06. The smallest absolute Gasteiger partial charge is 0.423 e. The molecule has 15 aromatic rings. The van der Waals surface area contributed by atoms with Crippen molar-refractivity contribution in [3.05, 3.63) is 397 Å². The molecule has 0 fully saturated rings. The molecule has 0 saturated carbocycles. The number of nitrogens with zero attached hydrogens (tertiary/aromatic N) is 3. The Morgan fingerprint density at radius 3 is 0.716 bits per heavy atom. The van der Waals surface area contributed by atoms with E-state index in [1.165, 1.54) is 0 Å². The van der Waals surface area contributed by atoms with Crippen LogP contribution in [0.3, 0.4) is 0 Å². The molecule has 0 radical (unpaired) electrons. The largest absolute Gasteiger partial charge is 0.488 e. The highest BCUT2D eigenvalue weighted by Gasteiger charge is 2.42. The van der Waals surface area contributed by atoms with Gasteiger partial charge in [-0.25, -0.2) is 0 Å². The van der Waals surface area contributed by atoms with E-state index in [2.05, 4.69) is 241 Å². The molecule has 0 amide bonds. The summed E-state index contributed by atoms with van der Waals surface area (Å²) < 4.78 is 31.6. The third kappa shape index (κ3) is 13.4. The van der Waals surface area contributed by atoms with Gasteiger partial charge in [-0.15, -0.1) is 0 Å². The lowest BCUT2D eigenvalue weighted by Gasteiger charge is -2.25. The van der Waals surface area contributed by atoms with Gasteiger partial charge in [-0.05, 0) is 220 Å². The summed E-state index contributed by atoms with van der Waals surface area (Å²) in [4.78, 5) is 6.66. The number of rotatable bonds is 14. The van der Waals surface area contributed by atoms with Gasteiger partial charge in [0.25, 0.3) is 0 Å². The Hall–Kier alpha value is -10.9. The fraction of sp³-hybridized carbons (Fsp3) is 0. The van der Waals surface area contributed by atoms with Crippen LogP contribution in [0.4, 0.5) is 51.2 Å².